The van der Waals surface area contributed by atoms with Gasteiger partial charge in [0.05, 0.1) is 11.6 Å². The summed E-state index contributed by atoms with van der Waals surface area (Å²) in [5, 5.41) is 4.38. The van der Waals surface area contributed by atoms with Crippen molar-refractivity contribution < 1.29 is 18.0 Å². The van der Waals surface area contributed by atoms with E-state index in [0.29, 0.717) is 18.7 Å². The lowest BCUT2D eigenvalue weighted by molar-refractivity contribution is -0.183. The van der Waals surface area contributed by atoms with Crippen LogP contribution in [-0.4, -0.2) is 35.2 Å². The zero-order chi connectivity index (χ0) is 16.4. The first kappa shape index (κ1) is 15.6. The zero-order valence-electron chi connectivity index (χ0n) is 12.3. The number of hydrogen-bond donors (Lipinski definition) is 1. The van der Waals surface area contributed by atoms with Crippen LogP contribution in [0.3, 0.4) is 0 Å². The number of halogens is 3. The van der Waals surface area contributed by atoms with Gasteiger partial charge in [0.1, 0.15) is 0 Å². The van der Waals surface area contributed by atoms with E-state index in [2.05, 4.69) is 10.3 Å². The second-order valence-corrected chi connectivity index (χ2v) is 5.66. The van der Waals surface area contributed by atoms with Crippen molar-refractivity contribution in [2.45, 2.75) is 19.0 Å². The standard InChI is InChI=1S/C16H16F3N3O/c17-16(18,19)12-4-2-8-22(10-12)15(23)21-14-5-1-3-11-9-20-7-6-13(11)14/h1,3,5-7,9,12H,2,4,8,10H2,(H,21,23)/t12-/m0/s1. The maximum absolute atomic E-state index is 12.8. The van der Waals surface area contributed by atoms with Gasteiger partial charge in [0.25, 0.3) is 0 Å². The molecule has 4 nitrogen and oxygen atoms in total. The number of pyridine rings is 1. The summed E-state index contributed by atoms with van der Waals surface area (Å²) < 4.78 is 38.5. The molecule has 1 atom stereocenters. The highest BCUT2D eigenvalue weighted by Gasteiger charge is 2.42. The molecule has 1 saturated heterocycles. The summed E-state index contributed by atoms with van der Waals surface area (Å²) in [4.78, 5) is 17.6. The first-order valence-corrected chi connectivity index (χ1v) is 7.40. The number of amides is 2. The van der Waals surface area contributed by atoms with Crippen molar-refractivity contribution in [3.8, 4) is 0 Å². The fourth-order valence-corrected chi connectivity index (χ4v) is 2.85. The SMILES string of the molecule is O=C(Nc1cccc2cnccc12)N1CCC[C@H](C(F)(F)F)C1. The molecule has 1 aromatic heterocycles. The van der Waals surface area contributed by atoms with Crippen LogP contribution in [0.1, 0.15) is 12.8 Å². The summed E-state index contributed by atoms with van der Waals surface area (Å²) in [6.45, 7) is 0.0480. The highest BCUT2D eigenvalue weighted by molar-refractivity contribution is 6.01. The molecule has 1 aromatic carbocycles. The van der Waals surface area contributed by atoms with Crippen LogP contribution in [0, 0.1) is 5.92 Å². The van der Waals surface area contributed by atoms with Crippen molar-refractivity contribution in [2.24, 2.45) is 5.92 Å². The Morgan fingerprint density at radius 2 is 2.13 bits per heavy atom. The van der Waals surface area contributed by atoms with Gasteiger partial charge in [0.2, 0.25) is 0 Å². The zero-order valence-corrected chi connectivity index (χ0v) is 12.3. The predicted octanol–water partition coefficient (Wildman–Crippen LogP) is 4.04. The third-order valence-corrected chi connectivity index (χ3v) is 4.09. The summed E-state index contributed by atoms with van der Waals surface area (Å²) in [6, 6.07) is 6.63. The summed E-state index contributed by atoms with van der Waals surface area (Å²) in [5.41, 5.74) is 0.573. The van der Waals surface area contributed by atoms with Gasteiger partial charge >= 0.3 is 12.2 Å². The molecule has 0 bridgehead atoms. The van der Waals surface area contributed by atoms with Crippen molar-refractivity contribution >= 4 is 22.5 Å². The number of carbonyl (C=O) groups excluding carboxylic acids is 1. The highest BCUT2D eigenvalue weighted by atomic mass is 19.4. The number of nitrogens with zero attached hydrogens (tertiary/aromatic N) is 2. The summed E-state index contributed by atoms with van der Waals surface area (Å²) >= 11 is 0. The molecule has 1 aliphatic heterocycles. The number of rotatable bonds is 1. The Balaban J connectivity index is 1.76. The third kappa shape index (κ3) is 3.38. The lowest BCUT2D eigenvalue weighted by atomic mass is 9.98. The molecular formula is C16H16F3N3O. The van der Waals surface area contributed by atoms with Gasteiger partial charge in [-0.05, 0) is 25.0 Å². The minimum absolute atomic E-state index is 0.0766. The number of piperidine rings is 1. The Labute approximate surface area is 131 Å². The molecule has 3 rings (SSSR count). The van der Waals surface area contributed by atoms with Gasteiger partial charge < -0.3 is 10.2 Å². The minimum Gasteiger partial charge on any atom is -0.324 e. The maximum Gasteiger partial charge on any atom is 0.393 e. The molecule has 1 fully saturated rings. The van der Waals surface area contributed by atoms with Crippen LogP contribution in [0.4, 0.5) is 23.7 Å². The van der Waals surface area contributed by atoms with Crippen LogP contribution in [-0.2, 0) is 0 Å². The molecule has 2 aromatic rings. The minimum atomic E-state index is -4.26. The van der Waals surface area contributed by atoms with E-state index in [1.807, 2.05) is 6.07 Å². The molecule has 1 aliphatic rings. The monoisotopic (exact) mass is 323 g/mol. The Kier molecular flexibility index (Phi) is 4.11. The van der Waals surface area contributed by atoms with Crippen LogP contribution in [0.15, 0.2) is 36.7 Å². The molecule has 2 amide bonds. The number of likely N-dealkylation sites (tertiary alicyclic amines) is 1. The molecule has 23 heavy (non-hydrogen) atoms. The lowest BCUT2D eigenvalue weighted by Gasteiger charge is -2.33. The number of nitrogens with one attached hydrogen (secondary N) is 1. The number of fused-ring (bicyclic) bond motifs is 1. The molecule has 0 spiro atoms. The van der Waals surface area contributed by atoms with E-state index < -0.39 is 18.1 Å². The van der Waals surface area contributed by atoms with Crippen molar-refractivity contribution in [3.05, 3.63) is 36.7 Å². The third-order valence-electron chi connectivity index (χ3n) is 4.09. The van der Waals surface area contributed by atoms with Gasteiger partial charge in [-0.2, -0.15) is 13.2 Å². The second kappa shape index (κ2) is 6.06. The van der Waals surface area contributed by atoms with Crippen molar-refractivity contribution in [3.63, 3.8) is 0 Å². The molecule has 1 N–H and O–H groups in total. The van der Waals surface area contributed by atoms with Crippen LogP contribution >= 0.6 is 0 Å². The molecule has 0 radical (unpaired) electrons. The highest BCUT2D eigenvalue weighted by Crippen LogP contribution is 2.33. The number of urea groups is 1. The Morgan fingerprint density at radius 1 is 1.30 bits per heavy atom. The molecular weight excluding hydrogens is 307 g/mol. The van der Waals surface area contributed by atoms with Crippen molar-refractivity contribution in [1.82, 2.24) is 9.88 Å². The summed E-state index contributed by atoms with van der Waals surface area (Å²) in [5.74, 6) is -1.45. The molecule has 7 heteroatoms. The van der Waals surface area contributed by atoms with Gasteiger partial charge in [-0.15, -0.1) is 0 Å². The second-order valence-electron chi connectivity index (χ2n) is 5.66. The average Bonchev–Trinajstić information content (AvgIpc) is 2.54. The number of hydrogen-bond acceptors (Lipinski definition) is 2. The van der Waals surface area contributed by atoms with E-state index in [0.717, 1.165) is 10.8 Å². The van der Waals surface area contributed by atoms with Crippen molar-refractivity contribution in [1.29, 1.82) is 0 Å². The summed E-state index contributed by atoms with van der Waals surface area (Å²) in [7, 11) is 0. The topological polar surface area (TPSA) is 45.2 Å². The number of anilines is 1. The fraction of sp³-hybridized carbons (Fsp3) is 0.375. The Morgan fingerprint density at radius 3 is 2.91 bits per heavy atom. The number of benzene rings is 1. The smallest absolute Gasteiger partial charge is 0.324 e. The molecule has 0 saturated carbocycles. The van der Waals surface area contributed by atoms with E-state index in [1.165, 1.54) is 4.90 Å². The van der Waals surface area contributed by atoms with Crippen LogP contribution < -0.4 is 5.32 Å². The van der Waals surface area contributed by atoms with Gasteiger partial charge in [-0.3, -0.25) is 4.98 Å². The van der Waals surface area contributed by atoms with Crippen LogP contribution in [0.2, 0.25) is 0 Å². The van der Waals surface area contributed by atoms with Crippen molar-refractivity contribution in [2.75, 3.05) is 18.4 Å². The lowest BCUT2D eigenvalue weighted by Crippen LogP contribution is -2.46. The van der Waals surface area contributed by atoms with E-state index in [4.69, 9.17) is 0 Å². The molecule has 2 heterocycles. The first-order valence-electron chi connectivity index (χ1n) is 7.40. The summed E-state index contributed by atoms with van der Waals surface area (Å²) in [6.07, 6.45) is -0.543. The number of aromatic nitrogens is 1. The molecule has 0 unspecified atom stereocenters. The largest absolute Gasteiger partial charge is 0.393 e. The molecule has 0 aliphatic carbocycles. The quantitative estimate of drug-likeness (QED) is 0.861. The fourth-order valence-electron chi connectivity index (χ4n) is 2.85. The predicted molar refractivity (Wildman–Crippen MR) is 81.1 cm³/mol. The van der Waals surface area contributed by atoms with Crippen LogP contribution in [0.5, 0.6) is 0 Å². The number of carbonyl (C=O) groups is 1. The first-order chi connectivity index (χ1) is 10.9. The molecule has 122 valence electrons. The Hall–Kier alpha value is -2.31. The van der Waals surface area contributed by atoms with Crippen LogP contribution in [0.25, 0.3) is 10.8 Å². The van der Waals surface area contributed by atoms with Gasteiger partial charge in [-0.1, -0.05) is 12.1 Å². The Bertz CT molecular complexity index is 712. The van der Waals surface area contributed by atoms with E-state index in [-0.39, 0.29) is 13.0 Å². The number of alkyl halides is 3. The average molecular weight is 323 g/mol. The van der Waals surface area contributed by atoms with E-state index in [9.17, 15) is 18.0 Å². The normalized spacial score (nSPS) is 18.9. The maximum atomic E-state index is 12.8. The van der Waals surface area contributed by atoms with Gasteiger partial charge in [0.15, 0.2) is 0 Å². The van der Waals surface area contributed by atoms with E-state index >= 15 is 0 Å². The van der Waals surface area contributed by atoms with E-state index in [1.54, 1.807) is 30.6 Å². The van der Waals surface area contributed by atoms with Gasteiger partial charge in [0, 0.05) is 36.3 Å². The van der Waals surface area contributed by atoms with Gasteiger partial charge in [-0.25, -0.2) is 4.79 Å².